The highest BCUT2D eigenvalue weighted by atomic mass is 32.1. The number of carbonyl (C=O) groups is 1. The number of nitrogens with zero attached hydrogens (tertiary/aromatic N) is 4. The normalized spacial score (nSPS) is 10.6. The Hall–Kier alpha value is -3.39. The molecular weight excluding hydrogens is 338 g/mol. The van der Waals surface area contributed by atoms with Crippen LogP contribution in [-0.4, -0.2) is 25.7 Å². The number of ether oxygens (including phenoxy) is 1. The van der Waals surface area contributed by atoms with Gasteiger partial charge in [0.15, 0.2) is 0 Å². The summed E-state index contributed by atoms with van der Waals surface area (Å²) in [7, 11) is 0. The minimum atomic E-state index is -0.230. The van der Waals surface area contributed by atoms with Crippen molar-refractivity contribution >= 4 is 33.3 Å². The Balaban J connectivity index is 1.52. The van der Waals surface area contributed by atoms with E-state index in [4.69, 9.17) is 4.74 Å². The Morgan fingerprint density at radius 3 is 2.88 bits per heavy atom. The molecule has 25 heavy (non-hydrogen) atoms. The van der Waals surface area contributed by atoms with Crippen molar-refractivity contribution in [2.24, 2.45) is 0 Å². The van der Waals surface area contributed by atoms with Crippen molar-refractivity contribution in [1.82, 2.24) is 19.8 Å². The minimum absolute atomic E-state index is 0.230. The van der Waals surface area contributed by atoms with Gasteiger partial charge in [-0.1, -0.05) is 10.6 Å². The van der Waals surface area contributed by atoms with E-state index in [2.05, 4.69) is 25.1 Å². The Labute approximate surface area is 146 Å². The molecule has 0 unspecified atom stereocenters. The molecule has 4 rings (SSSR count). The second kappa shape index (κ2) is 6.62. The molecule has 122 valence electrons. The molecule has 4 aromatic rings. The summed E-state index contributed by atoms with van der Waals surface area (Å²) in [5.74, 6) is 0.705. The van der Waals surface area contributed by atoms with Crippen LogP contribution in [0.3, 0.4) is 0 Å². The van der Waals surface area contributed by atoms with Gasteiger partial charge in [-0.2, -0.15) is 5.10 Å². The summed E-state index contributed by atoms with van der Waals surface area (Å²) in [6.45, 7) is 0. The molecule has 0 radical (unpaired) electrons. The molecule has 8 heteroatoms. The largest absolute Gasteiger partial charge is 0.437 e. The molecular formula is C17H11N5O2S. The van der Waals surface area contributed by atoms with Gasteiger partial charge in [-0.3, -0.25) is 4.79 Å². The topological polar surface area (TPSA) is 89.9 Å². The molecule has 7 nitrogen and oxygen atoms in total. The Morgan fingerprint density at radius 1 is 1.04 bits per heavy atom. The third-order valence-corrected chi connectivity index (χ3v) is 4.08. The van der Waals surface area contributed by atoms with Gasteiger partial charge in [0.2, 0.25) is 5.88 Å². The average Bonchev–Trinajstić information content (AvgIpc) is 3.10. The Bertz CT molecular complexity index is 1040. The first kappa shape index (κ1) is 15.2. The van der Waals surface area contributed by atoms with Crippen molar-refractivity contribution < 1.29 is 9.53 Å². The fourth-order valence-corrected chi connectivity index (χ4v) is 2.76. The van der Waals surface area contributed by atoms with Crippen LogP contribution in [0.25, 0.3) is 10.2 Å². The summed E-state index contributed by atoms with van der Waals surface area (Å²) in [5, 5.41) is 14.4. The molecule has 0 atom stereocenters. The zero-order chi connectivity index (χ0) is 17.1. The number of aromatic nitrogens is 4. The van der Waals surface area contributed by atoms with E-state index in [1.54, 1.807) is 54.7 Å². The zero-order valence-corrected chi connectivity index (χ0v) is 13.6. The van der Waals surface area contributed by atoms with Gasteiger partial charge >= 0.3 is 0 Å². The molecule has 0 fully saturated rings. The summed E-state index contributed by atoms with van der Waals surface area (Å²) in [6.07, 6.45) is 1.57. The van der Waals surface area contributed by atoms with Crippen LogP contribution in [0.1, 0.15) is 10.4 Å². The number of hydrogen-bond donors (Lipinski definition) is 1. The van der Waals surface area contributed by atoms with Crippen LogP contribution in [0.4, 0.5) is 5.69 Å². The van der Waals surface area contributed by atoms with Gasteiger partial charge in [-0.25, -0.2) is 0 Å². The van der Waals surface area contributed by atoms with E-state index in [0.29, 0.717) is 28.4 Å². The van der Waals surface area contributed by atoms with Crippen molar-refractivity contribution in [1.29, 1.82) is 0 Å². The van der Waals surface area contributed by atoms with Crippen LogP contribution >= 0.6 is 11.5 Å². The smallest absolute Gasteiger partial charge is 0.255 e. The van der Waals surface area contributed by atoms with Crippen LogP contribution in [0, 0.1) is 0 Å². The van der Waals surface area contributed by atoms with Crippen LogP contribution in [0.15, 0.2) is 60.8 Å². The average molecular weight is 349 g/mol. The molecule has 0 saturated carbocycles. The van der Waals surface area contributed by atoms with Gasteiger partial charge in [0, 0.05) is 29.6 Å². The summed E-state index contributed by atoms with van der Waals surface area (Å²) in [6, 6.07) is 15.8. The van der Waals surface area contributed by atoms with E-state index in [1.807, 2.05) is 6.07 Å². The van der Waals surface area contributed by atoms with Gasteiger partial charge in [0.05, 0.1) is 4.70 Å². The molecule has 0 aliphatic carbocycles. The second-order valence-electron chi connectivity index (χ2n) is 5.10. The summed E-state index contributed by atoms with van der Waals surface area (Å²) < 4.78 is 10.4. The summed E-state index contributed by atoms with van der Waals surface area (Å²) >= 11 is 1.29. The van der Waals surface area contributed by atoms with Crippen molar-refractivity contribution in [2.45, 2.75) is 0 Å². The number of nitrogens with one attached hydrogen (secondary N) is 1. The predicted molar refractivity (Wildman–Crippen MR) is 93.9 cm³/mol. The van der Waals surface area contributed by atoms with Crippen LogP contribution < -0.4 is 10.1 Å². The maximum absolute atomic E-state index is 12.4. The number of carbonyl (C=O) groups excluding carboxylic acids is 1. The molecule has 1 N–H and O–H groups in total. The van der Waals surface area contributed by atoms with Gasteiger partial charge in [-0.05, 0) is 47.9 Å². The highest BCUT2D eigenvalue weighted by molar-refractivity contribution is 7.12. The van der Waals surface area contributed by atoms with Crippen LogP contribution in [-0.2, 0) is 0 Å². The number of anilines is 1. The van der Waals surface area contributed by atoms with E-state index < -0.39 is 0 Å². The zero-order valence-electron chi connectivity index (χ0n) is 12.8. The third-order valence-electron chi connectivity index (χ3n) is 3.37. The van der Waals surface area contributed by atoms with E-state index in [1.165, 1.54) is 11.5 Å². The van der Waals surface area contributed by atoms with Crippen LogP contribution in [0.5, 0.6) is 11.6 Å². The van der Waals surface area contributed by atoms with E-state index in [0.717, 1.165) is 4.70 Å². The molecule has 2 heterocycles. The SMILES string of the molecule is O=C(Nc1cccc(Oc2cccnn2)c1)c1ccc2snnc2c1. The standard InChI is InChI=1S/C17H11N5O2S/c23-17(11-6-7-15-14(9-11)20-22-25-15)19-12-3-1-4-13(10-12)24-16-5-2-8-18-21-16/h1-10H,(H,19,23). The van der Waals surface area contributed by atoms with Crippen molar-refractivity contribution in [3.8, 4) is 11.6 Å². The highest BCUT2D eigenvalue weighted by Gasteiger charge is 2.09. The second-order valence-corrected chi connectivity index (χ2v) is 5.89. The highest BCUT2D eigenvalue weighted by Crippen LogP contribution is 2.23. The van der Waals surface area contributed by atoms with E-state index in [9.17, 15) is 4.79 Å². The van der Waals surface area contributed by atoms with Gasteiger partial charge < -0.3 is 10.1 Å². The number of amides is 1. The Kier molecular flexibility index (Phi) is 4.01. The molecule has 0 saturated heterocycles. The monoisotopic (exact) mass is 349 g/mol. The van der Waals surface area contributed by atoms with E-state index >= 15 is 0 Å². The Morgan fingerprint density at radius 2 is 2.00 bits per heavy atom. The van der Waals surface area contributed by atoms with Crippen LogP contribution in [0.2, 0.25) is 0 Å². The van der Waals surface area contributed by atoms with Gasteiger partial charge in [0.25, 0.3) is 5.91 Å². The lowest BCUT2D eigenvalue weighted by Crippen LogP contribution is -2.11. The van der Waals surface area contributed by atoms with E-state index in [-0.39, 0.29) is 5.91 Å². The molecule has 2 aromatic carbocycles. The molecule has 0 aliphatic heterocycles. The summed E-state index contributed by atoms with van der Waals surface area (Å²) in [5.41, 5.74) is 1.83. The van der Waals surface area contributed by atoms with Gasteiger partial charge in [0.1, 0.15) is 11.3 Å². The van der Waals surface area contributed by atoms with Crippen molar-refractivity contribution in [3.63, 3.8) is 0 Å². The molecule has 0 spiro atoms. The number of fused-ring (bicyclic) bond motifs is 1. The third kappa shape index (κ3) is 3.43. The first-order valence-corrected chi connectivity index (χ1v) is 8.14. The molecule has 0 bridgehead atoms. The van der Waals surface area contributed by atoms with Crippen molar-refractivity contribution in [3.05, 3.63) is 66.4 Å². The first-order chi connectivity index (χ1) is 12.3. The van der Waals surface area contributed by atoms with Gasteiger partial charge in [-0.15, -0.1) is 10.2 Å². The maximum atomic E-state index is 12.4. The lowest BCUT2D eigenvalue weighted by Gasteiger charge is -2.08. The lowest BCUT2D eigenvalue weighted by atomic mass is 10.2. The molecule has 1 amide bonds. The molecule has 2 aromatic heterocycles. The fraction of sp³-hybridized carbons (Fsp3) is 0. The summed E-state index contributed by atoms with van der Waals surface area (Å²) in [4.78, 5) is 12.4. The number of rotatable bonds is 4. The predicted octanol–water partition coefficient (Wildman–Crippen LogP) is 3.53. The first-order valence-electron chi connectivity index (χ1n) is 7.37. The lowest BCUT2D eigenvalue weighted by molar-refractivity contribution is 0.102. The quantitative estimate of drug-likeness (QED) is 0.606. The number of hydrogen-bond acceptors (Lipinski definition) is 7. The minimum Gasteiger partial charge on any atom is -0.437 e. The fourth-order valence-electron chi connectivity index (χ4n) is 2.23. The number of benzene rings is 2. The maximum Gasteiger partial charge on any atom is 0.255 e. The molecule has 0 aliphatic rings. The van der Waals surface area contributed by atoms with Crippen molar-refractivity contribution in [2.75, 3.05) is 5.32 Å².